The van der Waals surface area contributed by atoms with Crippen molar-refractivity contribution in [1.29, 1.82) is 0 Å². The summed E-state index contributed by atoms with van der Waals surface area (Å²) in [6.45, 7) is 9.83. The number of hydrogen-bond acceptors (Lipinski definition) is 7. The fraction of sp³-hybridized carbons (Fsp3) is 0.889. The first kappa shape index (κ1) is 26.8. The summed E-state index contributed by atoms with van der Waals surface area (Å²) < 4.78 is 22.7. The van der Waals surface area contributed by atoms with E-state index in [0.29, 0.717) is 6.42 Å². The topological polar surface area (TPSA) is 128 Å². The molecular weight excluding hydrogens is 384 g/mol. The molecule has 10 heteroatoms. The van der Waals surface area contributed by atoms with Crippen LogP contribution >= 0.6 is 0 Å². The smallest absolute Gasteiger partial charge is 0.248 e. The predicted octanol–water partition coefficient (Wildman–Crippen LogP) is 0.412. The molecule has 2 unspecified atom stereocenters. The van der Waals surface area contributed by atoms with Crippen molar-refractivity contribution in [3.05, 3.63) is 0 Å². The number of hydroxylamine groups is 1. The molecule has 9 nitrogen and oxygen atoms in total. The molecule has 4 N–H and O–H groups in total. The first-order valence-electron chi connectivity index (χ1n) is 9.39. The van der Waals surface area contributed by atoms with Crippen LogP contribution in [-0.4, -0.2) is 69.3 Å². The van der Waals surface area contributed by atoms with Crippen LogP contribution in [0.25, 0.3) is 0 Å². The van der Waals surface area contributed by atoms with Gasteiger partial charge < -0.3 is 10.6 Å². The van der Waals surface area contributed by atoms with Crippen molar-refractivity contribution in [3.8, 4) is 0 Å². The number of hydrogen-bond donors (Lipinski definition) is 4. The van der Waals surface area contributed by atoms with E-state index in [9.17, 15) is 18.0 Å². The molecule has 0 aromatic heterocycles. The number of rotatable bonds is 11. The van der Waals surface area contributed by atoms with Gasteiger partial charge in [0.1, 0.15) is 0 Å². The number of sulfone groups is 1. The normalized spacial score (nSPS) is 16.0. The summed E-state index contributed by atoms with van der Waals surface area (Å²) >= 11 is 0. The van der Waals surface area contributed by atoms with E-state index in [1.807, 2.05) is 53.6 Å². The van der Waals surface area contributed by atoms with Crippen LogP contribution in [0.1, 0.15) is 41.0 Å². The Balaban J connectivity index is 5.64. The second kappa shape index (κ2) is 11.1. The molecule has 3 atom stereocenters. The summed E-state index contributed by atoms with van der Waals surface area (Å²) in [6.07, 6.45) is 1.22. The fourth-order valence-corrected chi connectivity index (χ4v) is 3.71. The standard InChI is InChI=1S/C18H38N4O5S/c1-12(2)9-13(15(23)20-17(22(6)7)18(3,4)5)14(16(24)21-25)10-19-11-28(8,26)27/h12-14,17,19,25H,9-11H2,1-8H3,(H,20,23)(H,21,24)/t13?,14?,17-/m0/s1. The van der Waals surface area contributed by atoms with Gasteiger partial charge >= 0.3 is 0 Å². The van der Waals surface area contributed by atoms with Gasteiger partial charge in [-0.3, -0.25) is 19.7 Å². The summed E-state index contributed by atoms with van der Waals surface area (Å²) in [6, 6.07) is 0. The Bertz CT molecular complexity index is 614. The van der Waals surface area contributed by atoms with Gasteiger partial charge in [-0.15, -0.1) is 0 Å². The maximum absolute atomic E-state index is 13.1. The third-order valence-electron chi connectivity index (χ3n) is 4.34. The second-order valence-corrected chi connectivity index (χ2v) is 11.2. The van der Waals surface area contributed by atoms with E-state index in [4.69, 9.17) is 5.21 Å². The van der Waals surface area contributed by atoms with Crippen LogP contribution in [0.15, 0.2) is 0 Å². The lowest BCUT2D eigenvalue weighted by atomic mass is 9.83. The van der Waals surface area contributed by atoms with Crippen LogP contribution in [0.5, 0.6) is 0 Å². The minimum atomic E-state index is -3.28. The van der Waals surface area contributed by atoms with Crippen molar-refractivity contribution < 1.29 is 23.2 Å². The Kier molecular flexibility index (Phi) is 10.6. The highest BCUT2D eigenvalue weighted by Crippen LogP contribution is 2.25. The highest BCUT2D eigenvalue weighted by atomic mass is 32.2. The van der Waals surface area contributed by atoms with Crippen LogP contribution in [0.3, 0.4) is 0 Å². The SMILES string of the molecule is CC(C)CC(C(=O)N[C@@H](N(C)C)C(C)(C)C)C(CNCS(C)(=O)=O)C(=O)NO. The van der Waals surface area contributed by atoms with E-state index in [-0.39, 0.29) is 35.8 Å². The lowest BCUT2D eigenvalue weighted by molar-refractivity contribution is -0.141. The van der Waals surface area contributed by atoms with E-state index in [0.717, 1.165) is 6.26 Å². The molecule has 166 valence electrons. The molecule has 28 heavy (non-hydrogen) atoms. The maximum atomic E-state index is 13.1. The molecule has 0 aliphatic heterocycles. The first-order chi connectivity index (χ1) is 12.6. The number of carbonyl (C=O) groups is 2. The number of amides is 2. The molecule has 0 aromatic rings. The van der Waals surface area contributed by atoms with E-state index in [2.05, 4.69) is 10.6 Å². The lowest BCUT2D eigenvalue weighted by Crippen LogP contribution is -2.56. The van der Waals surface area contributed by atoms with Crippen molar-refractivity contribution in [2.45, 2.75) is 47.2 Å². The van der Waals surface area contributed by atoms with Gasteiger partial charge in [-0.2, -0.15) is 0 Å². The molecule has 0 fully saturated rings. The quantitative estimate of drug-likeness (QED) is 0.216. The molecule has 0 saturated heterocycles. The maximum Gasteiger partial charge on any atom is 0.248 e. The molecule has 0 aliphatic carbocycles. The number of nitrogens with one attached hydrogen (secondary N) is 3. The highest BCUT2D eigenvalue weighted by Gasteiger charge is 2.37. The Morgan fingerprint density at radius 1 is 1.07 bits per heavy atom. The monoisotopic (exact) mass is 422 g/mol. The van der Waals surface area contributed by atoms with E-state index >= 15 is 0 Å². The summed E-state index contributed by atoms with van der Waals surface area (Å²) in [5.41, 5.74) is 1.36. The molecule has 0 rings (SSSR count). The van der Waals surface area contributed by atoms with E-state index in [1.165, 1.54) is 0 Å². The molecule has 0 spiro atoms. The van der Waals surface area contributed by atoms with Crippen molar-refractivity contribution in [3.63, 3.8) is 0 Å². The second-order valence-electron chi connectivity index (χ2n) is 9.08. The first-order valence-corrected chi connectivity index (χ1v) is 11.4. The van der Waals surface area contributed by atoms with Crippen LogP contribution < -0.4 is 16.1 Å². The Labute approximate surface area is 169 Å². The minimum absolute atomic E-state index is 0.0492. The van der Waals surface area contributed by atoms with Crippen LogP contribution in [0, 0.1) is 23.2 Å². The fourth-order valence-electron chi connectivity index (χ4n) is 3.22. The molecule has 0 bridgehead atoms. The third-order valence-corrected chi connectivity index (χ3v) is 5.07. The molecule has 0 aliphatic rings. The van der Waals surface area contributed by atoms with E-state index < -0.39 is 27.6 Å². The van der Waals surface area contributed by atoms with Crippen molar-refractivity contribution in [2.24, 2.45) is 23.2 Å². The molecule has 0 saturated carbocycles. The zero-order valence-corrected chi connectivity index (χ0v) is 19.2. The molecule has 2 amide bonds. The lowest BCUT2D eigenvalue weighted by Gasteiger charge is -2.38. The van der Waals surface area contributed by atoms with Crippen molar-refractivity contribution >= 4 is 21.7 Å². The van der Waals surface area contributed by atoms with Crippen LogP contribution in [0.2, 0.25) is 0 Å². The van der Waals surface area contributed by atoms with Gasteiger partial charge in [-0.05, 0) is 31.8 Å². The van der Waals surface area contributed by atoms with Crippen molar-refractivity contribution in [2.75, 3.05) is 32.8 Å². The summed E-state index contributed by atoms with van der Waals surface area (Å²) in [4.78, 5) is 27.3. The molecule has 0 radical (unpaired) electrons. The highest BCUT2D eigenvalue weighted by molar-refractivity contribution is 7.90. The van der Waals surface area contributed by atoms with Gasteiger partial charge in [0.2, 0.25) is 11.8 Å². The van der Waals surface area contributed by atoms with Gasteiger partial charge in [-0.25, -0.2) is 13.9 Å². The molecule has 0 heterocycles. The average molecular weight is 423 g/mol. The minimum Gasteiger partial charge on any atom is -0.340 e. The summed E-state index contributed by atoms with van der Waals surface area (Å²) in [7, 11) is 0.437. The zero-order chi connectivity index (χ0) is 22.3. The average Bonchev–Trinajstić information content (AvgIpc) is 2.51. The summed E-state index contributed by atoms with van der Waals surface area (Å²) in [5.74, 6) is -2.88. The Hall–Kier alpha value is -1.23. The van der Waals surface area contributed by atoms with Crippen molar-refractivity contribution in [1.82, 2.24) is 21.0 Å². The van der Waals surface area contributed by atoms with Gasteiger partial charge in [0, 0.05) is 12.8 Å². The Morgan fingerprint density at radius 3 is 1.96 bits per heavy atom. The zero-order valence-electron chi connectivity index (χ0n) is 18.4. The number of nitrogens with zero attached hydrogens (tertiary/aromatic N) is 1. The summed E-state index contributed by atoms with van der Waals surface area (Å²) in [5, 5.41) is 14.9. The molecular formula is C18H38N4O5S. The van der Waals surface area contributed by atoms with Gasteiger partial charge in [-0.1, -0.05) is 34.6 Å². The third kappa shape index (κ3) is 9.81. The van der Waals surface area contributed by atoms with Gasteiger partial charge in [0.05, 0.1) is 23.9 Å². The van der Waals surface area contributed by atoms with Gasteiger partial charge in [0.25, 0.3) is 0 Å². The van der Waals surface area contributed by atoms with E-state index in [1.54, 1.807) is 5.48 Å². The Morgan fingerprint density at radius 2 is 1.61 bits per heavy atom. The van der Waals surface area contributed by atoms with Crippen LogP contribution in [0.4, 0.5) is 0 Å². The molecule has 0 aromatic carbocycles. The largest absolute Gasteiger partial charge is 0.340 e. The number of carbonyl (C=O) groups excluding carboxylic acids is 2. The van der Waals surface area contributed by atoms with Gasteiger partial charge in [0.15, 0.2) is 9.84 Å². The predicted molar refractivity (Wildman–Crippen MR) is 109 cm³/mol. The van der Waals surface area contributed by atoms with Crippen LogP contribution in [-0.2, 0) is 19.4 Å².